The summed E-state index contributed by atoms with van der Waals surface area (Å²) in [5.74, 6) is -0.298. The Morgan fingerprint density at radius 3 is 2.82 bits per heavy atom. The van der Waals surface area contributed by atoms with Crippen molar-refractivity contribution in [1.29, 1.82) is 0 Å². The summed E-state index contributed by atoms with van der Waals surface area (Å²) in [6.07, 6.45) is 3.44. The van der Waals surface area contributed by atoms with E-state index in [4.69, 9.17) is 11.6 Å². The number of nitrogens with one attached hydrogen (secondary N) is 1. The normalized spacial score (nSPS) is 12.4. The lowest BCUT2D eigenvalue weighted by Gasteiger charge is -2.18. The van der Waals surface area contributed by atoms with E-state index in [2.05, 4.69) is 10.3 Å². The van der Waals surface area contributed by atoms with Gasteiger partial charge in [0.1, 0.15) is 5.82 Å². The second-order valence-electron chi connectivity index (χ2n) is 3.67. The zero-order chi connectivity index (χ0) is 12.3. The van der Waals surface area contributed by atoms with Gasteiger partial charge in [-0.25, -0.2) is 4.39 Å². The van der Waals surface area contributed by atoms with Crippen molar-refractivity contribution < 1.29 is 4.39 Å². The second kappa shape index (κ2) is 5.25. The highest BCUT2D eigenvalue weighted by molar-refractivity contribution is 6.31. The number of pyridine rings is 1. The minimum Gasteiger partial charge on any atom is -0.309 e. The molecule has 0 aliphatic rings. The fourth-order valence-electron chi connectivity index (χ4n) is 1.78. The first kappa shape index (κ1) is 12.0. The van der Waals surface area contributed by atoms with Crippen LogP contribution in [0.3, 0.4) is 0 Å². The van der Waals surface area contributed by atoms with Crippen LogP contribution < -0.4 is 5.32 Å². The van der Waals surface area contributed by atoms with E-state index in [1.807, 2.05) is 12.1 Å². The number of aromatic nitrogens is 1. The summed E-state index contributed by atoms with van der Waals surface area (Å²) in [5.41, 5.74) is 1.66. The van der Waals surface area contributed by atoms with Crippen molar-refractivity contribution in [1.82, 2.24) is 10.3 Å². The molecular weight excluding hydrogens is 239 g/mol. The van der Waals surface area contributed by atoms with Crippen LogP contribution in [-0.4, -0.2) is 12.0 Å². The topological polar surface area (TPSA) is 24.9 Å². The van der Waals surface area contributed by atoms with Gasteiger partial charge in [0.25, 0.3) is 0 Å². The van der Waals surface area contributed by atoms with Crippen molar-refractivity contribution in [3.05, 3.63) is 64.7 Å². The van der Waals surface area contributed by atoms with E-state index in [9.17, 15) is 4.39 Å². The lowest BCUT2D eigenvalue weighted by atomic mass is 10.0. The first-order valence-electron chi connectivity index (χ1n) is 5.24. The van der Waals surface area contributed by atoms with Gasteiger partial charge in [0.05, 0.1) is 6.04 Å². The molecule has 17 heavy (non-hydrogen) atoms. The van der Waals surface area contributed by atoms with Gasteiger partial charge in [-0.05, 0) is 42.4 Å². The van der Waals surface area contributed by atoms with Gasteiger partial charge in [0.2, 0.25) is 0 Å². The molecule has 0 amide bonds. The first-order valence-corrected chi connectivity index (χ1v) is 5.62. The van der Waals surface area contributed by atoms with Crippen LogP contribution >= 0.6 is 11.6 Å². The fourth-order valence-corrected chi connectivity index (χ4v) is 2.01. The van der Waals surface area contributed by atoms with Crippen molar-refractivity contribution in [2.45, 2.75) is 6.04 Å². The maximum atomic E-state index is 13.3. The molecule has 0 aliphatic heterocycles. The number of nitrogens with zero attached hydrogens (tertiary/aromatic N) is 1. The Labute approximate surface area is 104 Å². The van der Waals surface area contributed by atoms with E-state index < -0.39 is 0 Å². The van der Waals surface area contributed by atoms with Crippen LogP contribution in [0.1, 0.15) is 17.2 Å². The van der Waals surface area contributed by atoms with Crippen LogP contribution in [0.2, 0.25) is 5.02 Å². The number of halogens is 2. The van der Waals surface area contributed by atoms with Gasteiger partial charge in [0.15, 0.2) is 0 Å². The summed E-state index contributed by atoms with van der Waals surface area (Å²) in [5, 5.41) is 3.65. The van der Waals surface area contributed by atoms with Crippen LogP contribution in [0.5, 0.6) is 0 Å². The lowest BCUT2D eigenvalue weighted by Crippen LogP contribution is -2.18. The maximum Gasteiger partial charge on any atom is 0.123 e. The third-order valence-corrected chi connectivity index (χ3v) is 2.92. The van der Waals surface area contributed by atoms with Gasteiger partial charge >= 0.3 is 0 Å². The maximum absolute atomic E-state index is 13.3. The summed E-state index contributed by atoms with van der Waals surface area (Å²) in [4.78, 5) is 4.05. The van der Waals surface area contributed by atoms with Crippen LogP contribution in [-0.2, 0) is 0 Å². The molecular formula is C13H12ClFN2. The van der Waals surface area contributed by atoms with Crippen LogP contribution in [0.4, 0.5) is 4.39 Å². The number of hydrogen-bond acceptors (Lipinski definition) is 2. The molecule has 0 radical (unpaired) electrons. The summed E-state index contributed by atoms with van der Waals surface area (Å²) in [6.45, 7) is 0. The predicted octanol–water partition coefficient (Wildman–Crippen LogP) is 3.18. The molecule has 1 unspecified atom stereocenters. The van der Waals surface area contributed by atoms with E-state index in [-0.39, 0.29) is 11.9 Å². The first-order chi connectivity index (χ1) is 8.22. The molecule has 0 aliphatic carbocycles. The van der Waals surface area contributed by atoms with E-state index >= 15 is 0 Å². The standard InChI is InChI=1S/C13H12ClFN2/c1-16-13(9-3-2-6-17-8-9)11-7-10(15)4-5-12(11)14/h2-8,13,16H,1H3. The molecule has 1 atom stereocenters. The highest BCUT2D eigenvalue weighted by atomic mass is 35.5. The molecule has 88 valence electrons. The highest BCUT2D eigenvalue weighted by Crippen LogP contribution is 2.28. The predicted molar refractivity (Wildman–Crippen MR) is 66.5 cm³/mol. The van der Waals surface area contributed by atoms with Gasteiger partial charge in [-0.15, -0.1) is 0 Å². The van der Waals surface area contributed by atoms with Gasteiger partial charge in [-0.3, -0.25) is 4.98 Å². The van der Waals surface area contributed by atoms with Crippen molar-refractivity contribution in [2.75, 3.05) is 7.05 Å². The molecule has 1 heterocycles. The molecule has 1 aromatic carbocycles. The Kier molecular flexibility index (Phi) is 3.71. The van der Waals surface area contributed by atoms with Crippen molar-refractivity contribution in [2.24, 2.45) is 0 Å². The number of rotatable bonds is 3. The van der Waals surface area contributed by atoms with Crippen LogP contribution in [0.15, 0.2) is 42.7 Å². The molecule has 2 rings (SSSR count). The molecule has 2 nitrogen and oxygen atoms in total. The molecule has 1 aromatic heterocycles. The largest absolute Gasteiger partial charge is 0.309 e. The summed E-state index contributed by atoms with van der Waals surface area (Å²) < 4.78 is 13.3. The van der Waals surface area contributed by atoms with Crippen LogP contribution in [0, 0.1) is 5.82 Å². The average molecular weight is 251 g/mol. The lowest BCUT2D eigenvalue weighted by molar-refractivity contribution is 0.616. The minimum atomic E-state index is -0.298. The summed E-state index contributed by atoms with van der Waals surface area (Å²) in [7, 11) is 1.80. The summed E-state index contributed by atoms with van der Waals surface area (Å²) in [6, 6.07) is 7.96. The Bertz CT molecular complexity index is 502. The number of benzene rings is 1. The molecule has 2 aromatic rings. The van der Waals surface area contributed by atoms with Crippen molar-refractivity contribution in [3.8, 4) is 0 Å². The minimum absolute atomic E-state index is 0.160. The Hall–Kier alpha value is -1.45. The summed E-state index contributed by atoms with van der Waals surface area (Å²) >= 11 is 6.09. The van der Waals surface area contributed by atoms with E-state index in [1.54, 1.807) is 25.5 Å². The molecule has 1 N–H and O–H groups in total. The third-order valence-electron chi connectivity index (χ3n) is 2.58. The molecule has 0 spiro atoms. The fraction of sp³-hybridized carbons (Fsp3) is 0.154. The van der Waals surface area contributed by atoms with Crippen molar-refractivity contribution >= 4 is 11.6 Å². The number of hydrogen-bond donors (Lipinski definition) is 1. The molecule has 0 saturated carbocycles. The Balaban J connectivity index is 2.46. The molecule has 0 saturated heterocycles. The average Bonchev–Trinajstić information content (AvgIpc) is 2.36. The van der Waals surface area contributed by atoms with Crippen LogP contribution in [0.25, 0.3) is 0 Å². The van der Waals surface area contributed by atoms with E-state index in [1.165, 1.54) is 12.1 Å². The second-order valence-corrected chi connectivity index (χ2v) is 4.08. The molecule has 4 heteroatoms. The smallest absolute Gasteiger partial charge is 0.123 e. The zero-order valence-corrected chi connectivity index (χ0v) is 10.1. The van der Waals surface area contributed by atoms with E-state index in [0.29, 0.717) is 10.6 Å². The van der Waals surface area contributed by atoms with Gasteiger partial charge < -0.3 is 5.32 Å². The van der Waals surface area contributed by atoms with E-state index in [0.717, 1.165) is 5.56 Å². The molecule has 0 bridgehead atoms. The highest BCUT2D eigenvalue weighted by Gasteiger charge is 2.15. The Morgan fingerprint density at radius 1 is 1.35 bits per heavy atom. The zero-order valence-electron chi connectivity index (χ0n) is 9.32. The molecule has 0 fully saturated rings. The SMILES string of the molecule is CNC(c1cccnc1)c1cc(F)ccc1Cl. The van der Waals surface area contributed by atoms with Gasteiger partial charge in [-0.1, -0.05) is 17.7 Å². The quantitative estimate of drug-likeness (QED) is 0.905. The Morgan fingerprint density at radius 2 is 2.18 bits per heavy atom. The van der Waals surface area contributed by atoms with Crippen molar-refractivity contribution in [3.63, 3.8) is 0 Å². The monoisotopic (exact) mass is 250 g/mol. The van der Waals surface area contributed by atoms with Gasteiger partial charge in [0, 0.05) is 17.4 Å². The van der Waals surface area contributed by atoms with Gasteiger partial charge in [-0.2, -0.15) is 0 Å². The third kappa shape index (κ3) is 2.62.